The number of carbonyl (C=O) groups is 4. The number of nitrogens with one attached hydrogen (secondary N) is 2. The lowest BCUT2D eigenvalue weighted by Gasteiger charge is -2.14. The predicted molar refractivity (Wildman–Crippen MR) is 94.5 cm³/mol. The van der Waals surface area contributed by atoms with Crippen LogP contribution < -0.4 is 10.6 Å². The summed E-state index contributed by atoms with van der Waals surface area (Å²) in [5, 5.41) is 5.60. The second kappa shape index (κ2) is 8.12. The maximum Gasteiger partial charge on any atom is 0.261 e. The molecule has 2 aliphatic rings. The lowest BCUT2D eigenvalue weighted by molar-refractivity contribution is -0.126. The van der Waals surface area contributed by atoms with Crippen molar-refractivity contribution >= 4 is 23.6 Å². The molecule has 1 heterocycles. The lowest BCUT2D eigenvalue weighted by atomic mass is 10.1. The van der Waals surface area contributed by atoms with E-state index in [4.69, 9.17) is 0 Å². The minimum Gasteiger partial charge on any atom is -0.354 e. The van der Waals surface area contributed by atoms with Crippen LogP contribution in [0.3, 0.4) is 0 Å². The number of rotatable bonds is 7. The molecule has 1 saturated carbocycles. The van der Waals surface area contributed by atoms with Crippen molar-refractivity contribution in [3.05, 3.63) is 35.4 Å². The summed E-state index contributed by atoms with van der Waals surface area (Å²) in [7, 11) is 0. The van der Waals surface area contributed by atoms with E-state index in [1.165, 1.54) is 0 Å². The number of nitrogens with zero attached hydrogens (tertiary/aromatic N) is 1. The van der Waals surface area contributed by atoms with Crippen LogP contribution in [0.15, 0.2) is 24.3 Å². The Morgan fingerprint density at radius 1 is 0.962 bits per heavy atom. The summed E-state index contributed by atoms with van der Waals surface area (Å²) in [5.41, 5.74) is 0.792. The van der Waals surface area contributed by atoms with Gasteiger partial charge in [-0.2, -0.15) is 0 Å². The van der Waals surface area contributed by atoms with Gasteiger partial charge in [0.05, 0.1) is 11.1 Å². The Balaban J connectivity index is 1.37. The topological polar surface area (TPSA) is 95.6 Å². The van der Waals surface area contributed by atoms with Crippen molar-refractivity contribution in [2.45, 2.75) is 44.6 Å². The zero-order chi connectivity index (χ0) is 18.5. The Morgan fingerprint density at radius 3 is 2.15 bits per heavy atom. The third-order valence-electron chi connectivity index (χ3n) is 4.84. The Morgan fingerprint density at radius 2 is 1.54 bits per heavy atom. The first-order valence-electron chi connectivity index (χ1n) is 9.07. The third-order valence-corrected chi connectivity index (χ3v) is 4.84. The fraction of sp³-hybridized carbons (Fsp3) is 0.474. The molecule has 7 heteroatoms. The molecule has 26 heavy (non-hydrogen) atoms. The van der Waals surface area contributed by atoms with E-state index in [9.17, 15) is 19.2 Å². The fourth-order valence-electron chi connectivity index (χ4n) is 3.43. The van der Waals surface area contributed by atoms with Crippen LogP contribution in [0.25, 0.3) is 0 Å². The molecule has 2 N–H and O–H groups in total. The Labute approximate surface area is 152 Å². The summed E-state index contributed by atoms with van der Waals surface area (Å²) in [6.07, 6.45) is 4.55. The van der Waals surface area contributed by atoms with Crippen LogP contribution in [0, 0.1) is 0 Å². The largest absolute Gasteiger partial charge is 0.354 e. The molecule has 1 aliphatic heterocycles. The predicted octanol–water partition coefficient (Wildman–Crippen LogP) is 1.24. The molecule has 0 aromatic heterocycles. The van der Waals surface area contributed by atoms with Crippen molar-refractivity contribution < 1.29 is 19.2 Å². The standard InChI is InChI=1S/C19H23N3O4/c23-16(9-10-17(24)21-13-5-1-2-6-13)20-11-12-22-18(25)14-7-3-4-8-15(14)19(22)26/h3-4,7-8,13H,1-2,5-6,9-12H2,(H,20,23)(H,21,24). The number of benzene rings is 1. The van der Waals surface area contributed by atoms with Crippen LogP contribution in [0.4, 0.5) is 0 Å². The van der Waals surface area contributed by atoms with E-state index in [-0.39, 0.29) is 55.6 Å². The van der Waals surface area contributed by atoms with Crippen molar-refractivity contribution in [3.63, 3.8) is 0 Å². The van der Waals surface area contributed by atoms with Gasteiger partial charge >= 0.3 is 0 Å². The quantitative estimate of drug-likeness (QED) is 0.718. The van der Waals surface area contributed by atoms with Crippen LogP contribution in [-0.2, 0) is 9.59 Å². The average molecular weight is 357 g/mol. The Hall–Kier alpha value is -2.70. The molecule has 1 fully saturated rings. The van der Waals surface area contributed by atoms with Gasteiger partial charge in [-0.1, -0.05) is 25.0 Å². The highest BCUT2D eigenvalue weighted by molar-refractivity contribution is 6.21. The van der Waals surface area contributed by atoms with E-state index in [1.54, 1.807) is 24.3 Å². The molecular weight excluding hydrogens is 334 g/mol. The number of hydrogen-bond acceptors (Lipinski definition) is 4. The van der Waals surface area contributed by atoms with Crippen molar-refractivity contribution in [3.8, 4) is 0 Å². The Bertz CT molecular complexity index is 690. The van der Waals surface area contributed by atoms with Crippen LogP contribution >= 0.6 is 0 Å². The average Bonchev–Trinajstić information content (AvgIpc) is 3.23. The van der Waals surface area contributed by atoms with Crippen molar-refractivity contribution in [2.24, 2.45) is 0 Å². The number of carbonyl (C=O) groups excluding carboxylic acids is 4. The minimum absolute atomic E-state index is 0.0979. The number of fused-ring (bicyclic) bond motifs is 1. The molecule has 138 valence electrons. The van der Waals surface area contributed by atoms with Crippen molar-refractivity contribution in [1.29, 1.82) is 0 Å². The summed E-state index contributed by atoms with van der Waals surface area (Å²) in [6, 6.07) is 6.92. The third kappa shape index (κ3) is 4.09. The number of amides is 4. The van der Waals surface area contributed by atoms with E-state index in [0.717, 1.165) is 30.6 Å². The maximum atomic E-state index is 12.2. The summed E-state index contributed by atoms with van der Waals surface area (Å²) in [6.45, 7) is 0.293. The van der Waals surface area contributed by atoms with Gasteiger partial charge in [0.15, 0.2) is 0 Å². The monoisotopic (exact) mass is 357 g/mol. The highest BCUT2D eigenvalue weighted by atomic mass is 16.2. The zero-order valence-corrected chi connectivity index (χ0v) is 14.6. The summed E-state index contributed by atoms with van der Waals surface area (Å²) >= 11 is 0. The van der Waals surface area contributed by atoms with E-state index in [0.29, 0.717) is 11.1 Å². The molecule has 7 nitrogen and oxygen atoms in total. The SMILES string of the molecule is O=C(CCC(=O)NC1CCCC1)NCCN1C(=O)c2ccccc2C1=O. The van der Waals surface area contributed by atoms with E-state index in [1.807, 2.05) is 0 Å². The molecule has 1 aromatic rings. The molecule has 1 aliphatic carbocycles. The van der Waals surface area contributed by atoms with Crippen LogP contribution in [0.5, 0.6) is 0 Å². The summed E-state index contributed by atoms with van der Waals surface area (Å²) in [4.78, 5) is 49.2. The number of imide groups is 1. The Kier molecular flexibility index (Phi) is 5.65. The van der Waals surface area contributed by atoms with Gasteiger partial charge < -0.3 is 10.6 Å². The molecule has 1 aromatic carbocycles. The fourth-order valence-corrected chi connectivity index (χ4v) is 3.43. The zero-order valence-electron chi connectivity index (χ0n) is 14.6. The van der Waals surface area contributed by atoms with Gasteiger partial charge in [0.25, 0.3) is 11.8 Å². The smallest absolute Gasteiger partial charge is 0.261 e. The highest BCUT2D eigenvalue weighted by Gasteiger charge is 2.34. The molecule has 0 bridgehead atoms. The van der Waals surface area contributed by atoms with Gasteiger partial charge in [-0.25, -0.2) is 0 Å². The van der Waals surface area contributed by atoms with Crippen molar-refractivity contribution in [2.75, 3.05) is 13.1 Å². The molecule has 3 rings (SSSR count). The van der Waals surface area contributed by atoms with Gasteiger partial charge in [0.2, 0.25) is 11.8 Å². The lowest BCUT2D eigenvalue weighted by Crippen LogP contribution is -2.38. The molecule has 0 atom stereocenters. The first-order valence-corrected chi connectivity index (χ1v) is 9.07. The molecule has 0 radical (unpaired) electrons. The minimum atomic E-state index is -0.337. The van der Waals surface area contributed by atoms with Crippen LogP contribution in [0.2, 0.25) is 0 Å². The molecular formula is C19H23N3O4. The summed E-state index contributed by atoms with van der Waals surface area (Å²) in [5.74, 6) is -1.04. The molecule has 0 unspecified atom stereocenters. The second-order valence-electron chi connectivity index (χ2n) is 6.71. The summed E-state index contributed by atoms with van der Waals surface area (Å²) < 4.78 is 0. The molecule has 0 saturated heterocycles. The first kappa shape index (κ1) is 18.1. The van der Waals surface area contributed by atoms with E-state index in [2.05, 4.69) is 10.6 Å². The van der Waals surface area contributed by atoms with Crippen LogP contribution in [-0.4, -0.2) is 47.7 Å². The van der Waals surface area contributed by atoms with Gasteiger partial charge in [-0.05, 0) is 25.0 Å². The van der Waals surface area contributed by atoms with Gasteiger partial charge in [-0.3, -0.25) is 24.1 Å². The van der Waals surface area contributed by atoms with E-state index < -0.39 is 0 Å². The molecule has 0 spiro atoms. The normalized spacial score (nSPS) is 16.7. The van der Waals surface area contributed by atoms with Gasteiger partial charge in [0.1, 0.15) is 0 Å². The molecule has 4 amide bonds. The van der Waals surface area contributed by atoms with Gasteiger partial charge in [-0.15, -0.1) is 0 Å². The first-order chi connectivity index (χ1) is 12.6. The maximum absolute atomic E-state index is 12.2. The highest BCUT2D eigenvalue weighted by Crippen LogP contribution is 2.21. The van der Waals surface area contributed by atoms with Crippen molar-refractivity contribution in [1.82, 2.24) is 15.5 Å². The van der Waals surface area contributed by atoms with E-state index >= 15 is 0 Å². The van der Waals surface area contributed by atoms with Crippen LogP contribution in [0.1, 0.15) is 59.2 Å². The van der Waals surface area contributed by atoms with Gasteiger partial charge in [0, 0.05) is 32.0 Å². The second-order valence-corrected chi connectivity index (χ2v) is 6.71. The number of hydrogen-bond donors (Lipinski definition) is 2.